The Bertz CT molecular complexity index is 686. The fourth-order valence-corrected chi connectivity index (χ4v) is 4.68. The molecule has 2 unspecified atom stereocenters. The summed E-state index contributed by atoms with van der Waals surface area (Å²) >= 11 is 4.69. The lowest BCUT2D eigenvalue weighted by atomic mass is 9.90. The minimum atomic E-state index is 0.0112. The molecule has 0 saturated carbocycles. The van der Waals surface area contributed by atoms with E-state index in [0.29, 0.717) is 0 Å². The lowest BCUT2D eigenvalue weighted by Gasteiger charge is -2.17. The molecule has 146 valence electrons. The second kappa shape index (κ2) is 12.6. The molecular formula is C24H38S2. The smallest absolute Gasteiger partial charge is 0.0130 e. The molecule has 2 aromatic rings. The Labute approximate surface area is 170 Å². The van der Waals surface area contributed by atoms with Gasteiger partial charge in [-0.05, 0) is 41.7 Å². The van der Waals surface area contributed by atoms with Gasteiger partial charge in [0.05, 0.1) is 0 Å². The maximum atomic E-state index is 4.69. The van der Waals surface area contributed by atoms with Crippen molar-refractivity contribution in [3.8, 4) is 0 Å². The second-order valence-corrected chi connectivity index (χ2v) is 9.38. The fourth-order valence-electron chi connectivity index (χ4n) is 3.41. The van der Waals surface area contributed by atoms with Gasteiger partial charge in [0, 0.05) is 15.2 Å². The van der Waals surface area contributed by atoms with Crippen LogP contribution in [0.15, 0.2) is 40.1 Å². The Morgan fingerprint density at radius 3 is 2.19 bits per heavy atom. The number of hydrogen-bond acceptors (Lipinski definition) is 1. The zero-order chi connectivity index (χ0) is 19.5. The van der Waals surface area contributed by atoms with Crippen LogP contribution >= 0.6 is 23.1 Å². The Balaban J connectivity index is 0.000000597. The molecule has 0 spiro atoms. The van der Waals surface area contributed by atoms with E-state index in [1.807, 2.05) is 0 Å². The van der Waals surface area contributed by atoms with Gasteiger partial charge in [-0.1, -0.05) is 90.3 Å². The van der Waals surface area contributed by atoms with Gasteiger partial charge >= 0.3 is 0 Å². The molecule has 0 fully saturated rings. The summed E-state index contributed by atoms with van der Waals surface area (Å²) < 4.78 is 0. The van der Waals surface area contributed by atoms with E-state index in [1.54, 1.807) is 0 Å². The number of rotatable bonds is 8. The summed E-state index contributed by atoms with van der Waals surface area (Å²) in [5, 5.41) is 2.68. The normalized spacial score (nSPS) is 13.2. The molecule has 2 heteroatoms. The van der Waals surface area contributed by atoms with Crippen molar-refractivity contribution >= 4 is 39.8 Å². The van der Waals surface area contributed by atoms with E-state index in [1.165, 1.54) is 66.2 Å². The number of hydrogen-bond donors (Lipinski definition) is 1. The van der Waals surface area contributed by atoms with Gasteiger partial charge in [0.25, 0.3) is 0 Å². The van der Waals surface area contributed by atoms with Crippen LogP contribution in [0.3, 0.4) is 0 Å². The third kappa shape index (κ3) is 6.78. The molecule has 2 aromatic carbocycles. The maximum absolute atomic E-state index is 4.69. The van der Waals surface area contributed by atoms with Crippen molar-refractivity contribution in [2.45, 2.75) is 82.4 Å². The Kier molecular flexibility index (Phi) is 11.3. The summed E-state index contributed by atoms with van der Waals surface area (Å²) in [4.78, 5) is 2.42. The first-order valence-corrected chi connectivity index (χ1v) is 12.4. The van der Waals surface area contributed by atoms with Gasteiger partial charge in [-0.3, -0.25) is 0 Å². The highest BCUT2D eigenvalue weighted by molar-refractivity contribution is 8.13. The van der Waals surface area contributed by atoms with Gasteiger partial charge < -0.3 is 0 Å². The van der Waals surface area contributed by atoms with Crippen molar-refractivity contribution in [3.05, 3.63) is 35.9 Å². The lowest BCUT2D eigenvalue weighted by Crippen LogP contribution is -2.03. The highest BCUT2D eigenvalue weighted by Gasteiger charge is 2.12. The van der Waals surface area contributed by atoms with Crippen molar-refractivity contribution in [3.63, 3.8) is 0 Å². The highest BCUT2D eigenvalue weighted by Crippen LogP contribution is 2.36. The van der Waals surface area contributed by atoms with Crippen LogP contribution in [0.1, 0.15) is 71.8 Å². The molecular weight excluding hydrogens is 352 g/mol. The number of unbranched alkanes of at least 4 members (excludes halogenated alkanes) is 2. The van der Waals surface area contributed by atoms with Crippen LogP contribution in [0.2, 0.25) is 0 Å². The van der Waals surface area contributed by atoms with E-state index >= 15 is 0 Å². The lowest BCUT2D eigenvalue weighted by molar-refractivity contribution is 0.463. The van der Waals surface area contributed by atoms with Crippen LogP contribution in [0, 0.1) is 5.92 Å². The van der Waals surface area contributed by atoms with Crippen molar-refractivity contribution in [2.75, 3.05) is 6.26 Å². The summed E-state index contributed by atoms with van der Waals surface area (Å²) in [6.45, 7) is 9.01. The molecule has 0 aliphatic carbocycles. The van der Waals surface area contributed by atoms with Gasteiger partial charge in [0.15, 0.2) is 0 Å². The zero-order valence-corrected chi connectivity index (χ0v) is 19.2. The first-order chi connectivity index (χ1) is 12.5. The molecule has 0 N–H and O–H groups in total. The summed E-state index contributed by atoms with van der Waals surface area (Å²) in [7, 11) is 0.0112. The monoisotopic (exact) mass is 390 g/mol. The quantitative estimate of drug-likeness (QED) is 0.339. The van der Waals surface area contributed by atoms with E-state index in [-0.39, 0.29) is 10.5 Å². The summed E-state index contributed by atoms with van der Waals surface area (Å²) in [6, 6.07) is 11.0. The van der Waals surface area contributed by atoms with Gasteiger partial charge in [-0.15, -0.1) is 12.6 Å². The van der Waals surface area contributed by atoms with Crippen LogP contribution < -0.4 is 0 Å². The standard InChI is InChI=1S/C19H26S2.C5H12/c1-5-8-14(6-2)13-15-11-12-17(20)19-16(15)9-7-10-18(19)21(3)4;1-3-5-4-2/h7,9-12,14,20H,3,5-6,8,13H2,1-2,4H3;3-5H2,1-2H3. The third-order valence-electron chi connectivity index (χ3n) is 4.94. The molecule has 0 bridgehead atoms. The van der Waals surface area contributed by atoms with Crippen molar-refractivity contribution in [1.29, 1.82) is 0 Å². The van der Waals surface area contributed by atoms with E-state index in [9.17, 15) is 0 Å². The molecule has 26 heavy (non-hydrogen) atoms. The SMILES string of the molecule is C=S(C)c1cccc2c(CC(CC)CCC)ccc(S)c12.CCCCC. The molecule has 0 amide bonds. The predicted octanol–water partition coefficient (Wildman–Crippen LogP) is 8.38. The van der Waals surface area contributed by atoms with E-state index in [2.05, 4.69) is 70.2 Å². The predicted molar refractivity (Wildman–Crippen MR) is 128 cm³/mol. The average molecular weight is 391 g/mol. The van der Waals surface area contributed by atoms with E-state index < -0.39 is 0 Å². The number of thiol groups is 1. The molecule has 2 atom stereocenters. The summed E-state index contributed by atoms with van der Waals surface area (Å²) in [5.41, 5.74) is 1.47. The van der Waals surface area contributed by atoms with Crippen LogP contribution in [-0.4, -0.2) is 12.1 Å². The summed E-state index contributed by atoms with van der Waals surface area (Å²) in [5.74, 6) is 5.01. The molecule has 0 heterocycles. The molecule has 0 aromatic heterocycles. The number of benzene rings is 2. The molecule has 0 radical (unpaired) electrons. The maximum Gasteiger partial charge on any atom is 0.0130 e. The topological polar surface area (TPSA) is 0 Å². The van der Waals surface area contributed by atoms with Gasteiger partial charge in [-0.2, -0.15) is 10.5 Å². The van der Waals surface area contributed by atoms with E-state index in [4.69, 9.17) is 12.6 Å². The van der Waals surface area contributed by atoms with E-state index in [0.717, 1.165) is 10.8 Å². The first kappa shape index (κ1) is 23.3. The van der Waals surface area contributed by atoms with Crippen LogP contribution in [0.5, 0.6) is 0 Å². The van der Waals surface area contributed by atoms with Crippen molar-refractivity contribution in [2.24, 2.45) is 5.92 Å². The summed E-state index contributed by atoms with van der Waals surface area (Å²) in [6.07, 6.45) is 11.3. The van der Waals surface area contributed by atoms with Crippen LogP contribution in [-0.2, 0) is 6.42 Å². The Morgan fingerprint density at radius 1 is 1.00 bits per heavy atom. The van der Waals surface area contributed by atoms with Gasteiger partial charge in [0.1, 0.15) is 0 Å². The zero-order valence-electron chi connectivity index (χ0n) is 17.5. The van der Waals surface area contributed by atoms with Gasteiger partial charge in [0.2, 0.25) is 0 Å². The minimum absolute atomic E-state index is 0.0112. The minimum Gasteiger partial charge on any atom is -0.165 e. The first-order valence-electron chi connectivity index (χ1n) is 10.2. The van der Waals surface area contributed by atoms with Crippen LogP contribution in [0.4, 0.5) is 0 Å². The molecule has 2 rings (SSSR count). The largest absolute Gasteiger partial charge is 0.165 e. The highest BCUT2D eigenvalue weighted by atomic mass is 32.2. The second-order valence-electron chi connectivity index (χ2n) is 7.18. The third-order valence-corrected chi connectivity index (χ3v) is 6.40. The van der Waals surface area contributed by atoms with Gasteiger partial charge in [-0.25, -0.2) is 0 Å². The van der Waals surface area contributed by atoms with Crippen molar-refractivity contribution in [1.82, 2.24) is 0 Å². The average Bonchev–Trinajstić information content (AvgIpc) is 2.64. The Hall–Kier alpha value is -0.730. The van der Waals surface area contributed by atoms with Crippen molar-refractivity contribution < 1.29 is 0 Å². The molecule has 0 aliphatic heterocycles. The molecule has 0 aliphatic rings. The fraction of sp³-hybridized carbons (Fsp3) is 0.542. The Morgan fingerprint density at radius 2 is 1.69 bits per heavy atom. The number of fused-ring (bicyclic) bond motifs is 1. The molecule has 0 saturated heterocycles. The molecule has 0 nitrogen and oxygen atoms in total. The van der Waals surface area contributed by atoms with Crippen LogP contribution in [0.25, 0.3) is 10.8 Å².